The van der Waals surface area contributed by atoms with E-state index in [1.807, 2.05) is 41.6 Å². The number of rotatable bonds is 5. The van der Waals surface area contributed by atoms with E-state index in [1.54, 1.807) is 0 Å². The summed E-state index contributed by atoms with van der Waals surface area (Å²) in [6, 6.07) is 12.7. The van der Waals surface area contributed by atoms with Crippen LogP contribution in [0.25, 0.3) is 0 Å². The smallest absolute Gasteiger partial charge is 0.317 e. The normalized spacial score (nSPS) is 20.8. The molecular weight excluding hydrogens is 444 g/mol. The van der Waals surface area contributed by atoms with Gasteiger partial charge in [0.2, 0.25) is 0 Å². The highest BCUT2D eigenvalue weighted by atomic mass is 35.5. The molecule has 2 fully saturated rings. The summed E-state index contributed by atoms with van der Waals surface area (Å²) >= 11 is 6.48. The van der Waals surface area contributed by atoms with Crippen LogP contribution >= 0.6 is 11.6 Å². The topological polar surface area (TPSA) is 48.5 Å². The monoisotopic (exact) mass is 482 g/mol. The molecule has 0 saturated carbocycles. The van der Waals surface area contributed by atoms with Crippen molar-refractivity contribution in [2.75, 3.05) is 19.6 Å². The minimum Gasteiger partial charge on any atom is -0.333 e. The number of piperidine rings is 1. The van der Waals surface area contributed by atoms with Crippen molar-refractivity contribution < 1.29 is 4.79 Å². The van der Waals surface area contributed by atoms with E-state index in [2.05, 4.69) is 62.0 Å². The number of hydrogen-bond acceptors (Lipinski definition) is 3. The van der Waals surface area contributed by atoms with Crippen molar-refractivity contribution in [3.63, 3.8) is 0 Å². The van der Waals surface area contributed by atoms with Gasteiger partial charge in [0.1, 0.15) is 0 Å². The summed E-state index contributed by atoms with van der Waals surface area (Å²) in [4.78, 5) is 22.0. The largest absolute Gasteiger partial charge is 0.333 e. The maximum atomic E-state index is 13.1. The van der Waals surface area contributed by atoms with Gasteiger partial charge in [-0.05, 0) is 61.8 Å². The van der Waals surface area contributed by atoms with Gasteiger partial charge in [-0.25, -0.2) is 4.79 Å². The zero-order valence-electron chi connectivity index (χ0n) is 21.3. The Kier molecular flexibility index (Phi) is 6.99. The molecule has 0 radical (unpaired) electrons. The minimum atomic E-state index is -0.231. The average molecular weight is 483 g/mol. The Hall–Kier alpha value is -2.11. The molecule has 0 aliphatic carbocycles. The van der Waals surface area contributed by atoms with Crippen LogP contribution in [0.4, 0.5) is 4.79 Å². The molecule has 1 aromatic heterocycles. The number of carbonyl (C=O) groups excluding carboxylic acids is 1. The molecule has 2 saturated heterocycles. The van der Waals surface area contributed by atoms with E-state index in [-0.39, 0.29) is 22.4 Å². The number of benzene rings is 1. The predicted molar refractivity (Wildman–Crippen MR) is 139 cm³/mol. The summed E-state index contributed by atoms with van der Waals surface area (Å²) in [5.74, 6) is 0. The number of amides is 2. The highest BCUT2D eigenvalue weighted by molar-refractivity contribution is 6.31. The van der Waals surface area contributed by atoms with Crippen molar-refractivity contribution in [2.24, 2.45) is 10.8 Å². The summed E-state index contributed by atoms with van der Waals surface area (Å²) < 4.78 is 0. The second kappa shape index (κ2) is 9.50. The fourth-order valence-corrected chi connectivity index (χ4v) is 6.47. The van der Waals surface area contributed by atoms with Gasteiger partial charge >= 0.3 is 6.03 Å². The maximum absolute atomic E-state index is 13.1. The first-order valence-corrected chi connectivity index (χ1v) is 12.8. The van der Waals surface area contributed by atoms with E-state index in [0.717, 1.165) is 56.0 Å². The first-order valence-electron chi connectivity index (χ1n) is 12.4. The summed E-state index contributed by atoms with van der Waals surface area (Å²) in [6.07, 6.45) is 6.76. The predicted octanol–water partition coefficient (Wildman–Crippen LogP) is 6.30. The molecule has 0 bridgehead atoms. The molecule has 1 atom stereocenters. The van der Waals surface area contributed by atoms with Crippen LogP contribution in [0.15, 0.2) is 48.8 Å². The molecule has 4 rings (SSSR count). The number of aromatic nitrogens is 1. The lowest BCUT2D eigenvalue weighted by atomic mass is 9.63. The Bertz CT molecular complexity index is 993. The number of pyridine rings is 1. The van der Waals surface area contributed by atoms with Gasteiger partial charge in [0, 0.05) is 60.6 Å². The lowest BCUT2D eigenvalue weighted by molar-refractivity contribution is -0.113. The average Bonchev–Trinajstić information content (AvgIpc) is 2.73. The van der Waals surface area contributed by atoms with Crippen molar-refractivity contribution in [3.05, 3.63) is 64.9 Å². The second-order valence-electron chi connectivity index (χ2n) is 12.1. The summed E-state index contributed by atoms with van der Waals surface area (Å²) in [6.45, 7) is 14.3. The maximum Gasteiger partial charge on any atom is 0.317 e. The summed E-state index contributed by atoms with van der Waals surface area (Å²) in [5.41, 5.74) is 2.51. The number of nitrogens with zero attached hydrogens (tertiary/aromatic N) is 3. The molecule has 184 valence electrons. The van der Waals surface area contributed by atoms with Crippen LogP contribution in [0.2, 0.25) is 5.02 Å². The van der Waals surface area contributed by atoms with Crippen LogP contribution in [0.3, 0.4) is 0 Å². The van der Waals surface area contributed by atoms with Crippen LogP contribution in [0.5, 0.6) is 0 Å². The Morgan fingerprint density at radius 3 is 2.44 bits per heavy atom. The van der Waals surface area contributed by atoms with Crippen LogP contribution in [0, 0.1) is 10.8 Å². The Morgan fingerprint density at radius 2 is 1.82 bits per heavy atom. The lowest BCUT2D eigenvalue weighted by Gasteiger charge is -2.60. The van der Waals surface area contributed by atoms with Crippen LogP contribution in [-0.2, 0) is 6.54 Å². The van der Waals surface area contributed by atoms with Crippen molar-refractivity contribution in [1.29, 1.82) is 0 Å². The standard InChI is InChI=1S/C28H39ClN4O/c1-26(2,3)19-27(4,5)31-25(34)32-15-12-28(13-16-32)20-33(18-22-9-6-7-11-23(22)29)24(28)21-10-8-14-30-17-21/h6-11,14,17,24H,12-13,15-16,18-20H2,1-5H3,(H,31,34). The summed E-state index contributed by atoms with van der Waals surface area (Å²) in [7, 11) is 0. The number of nitrogens with one attached hydrogen (secondary N) is 1. The highest BCUT2D eigenvalue weighted by Gasteiger charge is 2.54. The van der Waals surface area contributed by atoms with Crippen LogP contribution in [0.1, 0.15) is 71.0 Å². The highest BCUT2D eigenvalue weighted by Crippen LogP contribution is 2.55. The molecular formula is C28H39ClN4O. The molecule has 2 aromatic rings. The van der Waals surface area contributed by atoms with Gasteiger partial charge in [-0.1, -0.05) is 56.6 Å². The summed E-state index contributed by atoms with van der Waals surface area (Å²) in [5, 5.41) is 4.11. The zero-order valence-corrected chi connectivity index (χ0v) is 22.0. The molecule has 2 amide bonds. The number of halogens is 1. The lowest BCUT2D eigenvalue weighted by Crippen LogP contribution is -2.63. The van der Waals surface area contributed by atoms with Gasteiger partial charge < -0.3 is 10.2 Å². The number of likely N-dealkylation sites (tertiary alicyclic amines) is 2. The molecule has 2 aliphatic rings. The quantitative estimate of drug-likeness (QED) is 0.544. The number of hydrogen-bond donors (Lipinski definition) is 1. The van der Waals surface area contributed by atoms with E-state index >= 15 is 0 Å². The number of carbonyl (C=O) groups is 1. The zero-order chi connectivity index (χ0) is 24.6. The van der Waals surface area contributed by atoms with E-state index in [1.165, 1.54) is 5.56 Å². The molecule has 3 heterocycles. The van der Waals surface area contributed by atoms with Gasteiger partial charge in [0.05, 0.1) is 0 Å². The third-order valence-corrected chi connectivity index (χ3v) is 7.63. The van der Waals surface area contributed by atoms with Crippen molar-refractivity contribution in [3.8, 4) is 0 Å². The molecule has 1 aromatic carbocycles. The molecule has 5 nitrogen and oxygen atoms in total. The third-order valence-electron chi connectivity index (χ3n) is 7.26. The van der Waals surface area contributed by atoms with Gasteiger partial charge in [0.25, 0.3) is 0 Å². The first-order chi connectivity index (χ1) is 16.0. The van der Waals surface area contributed by atoms with Crippen molar-refractivity contribution >= 4 is 17.6 Å². The van der Waals surface area contributed by atoms with Crippen molar-refractivity contribution in [2.45, 2.75) is 72.0 Å². The van der Waals surface area contributed by atoms with Gasteiger partial charge in [-0.2, -0.15) is 0 Å². The van der Waals surface area contributed by atoms with Crippen LogP contribution < -0.4 is 5.32 Å². The fraction of sp³-hybridized carbons (Fsp3) is 0.571. The van der Waals surface area contributed by atoms with E-state index < -0.39 is 0 Å². The molecule has 2 aliphatic heterocycles. The Labute approximate surface area is 209 Å². The third kappa shape index (κ3) is 5.58. The van der Waals surface area contributed by atoms with Crippen molar-refractivity contribution in [1.82, 2.24) is 20.1 Å². The first kappa shape index (κ1) is 25.0. The van der Waals surface area contributed by atoms with Crippen LogP contribution in [-0.4, -0.2) is 46.0 Å². The van der Waals surface area contributed by atoms with Gasteiger partial charge in [-0.3, -0.25) is 9.88 Å². The number of urea groups is 1. The van der Waals surface area contributed by atoms with E-state index in [9.17, 15) is 4.79 Å². The molecule has 1 N–H and O–H groups in total. The molecule has 34 heavy (non-hydrogen) atoms. The second-order valence-corrected chi connectivity index (χ2v) is 12.5. The van der Waals surface area contributed by atoms with Gasteiger partial charge in [-0.15, -0.1) is 0 Å². The van der Waals surface area contributed by atoms with Gasteiger partial charge in [0.15, 0.2) is 0 Å². The Morgan fingerprint density at radius 1 is 1.12 bits per heavy atom. The SMILES string of the molecule is CC(C)(C)CC(C)(C)NC(=O)N1CCC2(CC1)CN(Cc1ccccc1Cl)C2c1cccnc1. The molecule has 6 heteroatoms. The fourth-order valence-electron chi connectivity index (χ4n) is 6.28. The van der Waals surface area contributed by atoms with E-state index in [4.69, 9.17) is 11.6 Å². The minimum absolute atomic E-state index is 0.0641. The molecule has 1 unspecified atom stereocenters. The van der Waals surface area contributed by atoms with E-state index in [0.29, 0.717) is 6.04 Å². The molecule has 1 spiro atoms. The Balaban J connectivity index is 1.44.